The molecule has 0 aromatic heterocycles. The molecule has 0 bridgehead atoms. The molecule has 0 radical (unpaired) electrons. The van der Waals surface area contributed by atoms with Gasteiger partial charge in [0.2, 0.25) is 0 Å². The molecular formula is C12H24. The Morgan fingerprint density at radius 3 is 2.08 bits per heavy atom. The highest BCUT2D eigenvalue weighted by molar-refractivity contribution is 4.86. The van der Waals surface area contributed by atoms with E-state index in [1.54, 1.807) is 0 Å². The predicted molar refractivity (Wildman–Crippen MR) is 55.1 cm³/mol. The van der Waals surface area contributed by atoms with Crippen LogP contribution in [0, 0.1) is 23.2 Å². The summed E-state index contributed by atoms with van der Waals surface area (Å²) in [6, 6.07) is 0. The van der Waals surface area contributed by atoms with E-state index in [2.05, 4.69) is 34.6 Å². The Labute approximate surface area is 77.7 Å². The van der Waals surface area contributed by atoms with E-state index in [0.29, 0.717) is 5.41 Å². The maximum atomic E-state index is 2.44. The van der Waals surface area contributed by atoms with Crippen molar-refractivity contribution >= 4 is 0 Å². The summed E-state index contributed by atoms with van der Waals surface area (Å²) in [5, 5.41) is 0. The van der Waals surface area contributed by atoms with Crippen LogP contribution in [0.3, 0.4) is 0 Å². The average molecular weight is 168 g/mol. The summed E-state index contributed by atoms with van der Waals surface area (Å²) in [5.74, 6) is 2.79. The first-order valence-electron chi connectivity index (χ1n) is 5.44. The van der Waals surface area contributed by atoms with E-state index in [1.807, 2.05) is 0 Å². The van der Waals surface area contributed by atoms with Crippen molar-refractivity contribution < 1.29 is 0 Å². The topological polar surface area (TPSA) is 0 Å². The van der Waals surface area contributed by atoms with Gasteiger partial charge in [-0.1, -0.05) is 41.0 Å². The van der Waals surface area contributed by atoms with Crippen LogP contribution in [0.4, 0.5) is 0 Å². The molecule has 72 valence electrons. The third-order valence-electron chi connectivity index (χ3n) is 4.24. The summed E-state index contributed by atoms with van der Waals surface area (Å²) < 4.78 is 0. The van der Waals surface area contributed by atoms with Crippen LogP contribution in [0.25, 0.3) is 0 Å². The van der Waals surface area contributed by atoms with Crippen LogP contribution >= 0.6 is 0 Å². The summed E-state index contributed by atoms with van der Waals surface area (Å²) in [4.78, 5) is 0. The van der Waals surface area contributed by atoms with E-state index in [4.69, 9.17) is 0 Å². The SMILES string of the molecule is CC1CCC(C(C)(C)C(C)C)C1. The van der Waals surface area contributed by atoms with Gasteiger partial charge in [-0.3, -0.25) is 0 Å². The van der Waals surface area contributed by atoms with Gasteiger partial charge in [0.15, 0.2) is 0 Å². The van der Waals surface area contributed by atoms with Crippen molar-refractivity contribution in [1.82, 2.24) is 0 Å². The lowest BCUT2D eigenvalue weighted by Gasteiger charge is -2.36. The van der Waals surface area contributed by atoms with Gasteiger partial charge >= 0.3 is 0 Å². The first-order chi connectivity index (χ1) is 5.44. The first-order valence-corrected chi connectivity index (χ1v) is 5.44. The minimum absolute atomic E-state index is 0.560. The molecule has 1 rings (SSSR count). The number of hydrogen-bond acceptors (Lipinski definition) is 0. The molecule has 2 atom stereocenters. The monoisotopic (exact) mass is 168 g/mol. The Bertz CT molecular complexity index is 144. The van der Waals surface area contributed by atoms with Crippen LogP contribution in [0.1, 0.15) is 53.9 Å². The molecule has 0 nitrogen and oxygen atoms in total. The molecule has 0 N–H and O–H groups in total. The Balaban J connectivity index is 2.57. The van der Waals surface area contributed by atoms with E-state index in [-0.39, 0.29) is 0 Å². The van der Waals surface area contributed by atoms with Crippen LogP contribution in [-0.2, 0) is 0 Å². The smallest absolute Gasteiger partial charge is 0.0303 e. The summed E-state index contributed by atoms with van der Waals surface area (Å²) >= 11 is 0. The first kappa shape index (κ1) is 10.1. The molecule has 0 spiro atoms. The molecule has 1 aliphatic rings. The zero-order chi connectivity index (χ0) is 9.35. The lowest BCUT2D eigenvalue weighted by Crippen LogP contribution is -2.27. The fourth-order valence-electron chi connectivity index (χ4n) is 2.35. The van der Waals surface area contributed by atoms with Gasteiger partial charge in [0.05, 0.1) is 0 Å². The molecule has 0 saturated heterocycles. The summed E-state index contributed by atoms with van der Waals surface area (Å²) in [7, 11) is 0. The predicted octanol–water partition coefficient (Wildman–Crippen LogP) is 4.10. The van der Waals surface area contributed by atoms with Gasteiger partial charge in [0.1, 0.15) is 0 Å². The Morgan fingerprint density at radius 1 is 1.17 bits per heavy atom. The Hall–Kier alpha value is 0. The van der Waals surface area contributed by atoms with Gasteiger partial charge in [0.25, 0.3) is 0 Å². The molecule has 0 aromatic carbocycles. The van der Waals surface area contributed by atoms with Gasteiger partial charge < -0.3 is 0 Å². The summed E-state index contributed by atoms with van der Waals surface area (Å²) in [6.07, 6.45) is 4.39. The van der Waals surface area contributed by atoms with Crippen LogP contribution < -0.4 is 0 Å². The number of hydrogen-bond donors (Lipinski definition) is 0. The summed E-state index contributed by atoms with van der Waals surface area (Å²) in [6.45, 7) is 12.0. The van der Waals surface area contributed by atoms with E-state index in [0.717, 1.165) is 17.8 Å². The van der Waals surface area contributed by atoms with Gasteiger partial charge in [0, 0.05) is 0 Å². The maximum Gasteiger partial charge on any atom is -0.0303 e. The van der Waals surface area contributed by atoms with Gasteiger partial charge in [-0.2, -0.15) is 0 Å². The fraction of sp³-hybridized carbons (Fsp3) is 1.00. The van der Waals surface area contributed by atoms with Crippen molar-refractivity contribution in [3.63, 3.8) is 0 Å². The second kappa shape index (κ2) is 3.40. The largest absolute Gasteiger partial charge is 0.0625 e. The molecule has 0 amide bonds. The van der Waals surface area contributed by atoms with Crippen LogP contribution in [0.2, 0.25) is 0 Å². The molecule has 1 saturated carbocycles. The standard InChI is InChI=1S/C12H24/c1-9(2)12(4,5)11-7-6-10(3)8-11/h9-11H,6-8H2,1-5H3. The van der Waals surface area contributed by atoms with E-state index >= 15 is 0 Å². The van der Waals surface area contributed by atoms with Crippen molar-refractivity contribution in [3.05, 3.63) is 0 Å². The molecule has 0 aromatic rings. The van der Waals surface area contributed by atoms with Gasteiger partial charge in [-0.05, 0) is 36.0 Å². The lowest BCUT2D eigenvalue weighted by molar-refractivity contribution is 0.138. The third-order valence-corrected chi connectivity index (χ3v) is 4.24. The zero-order valence-corrected chi connectivity index (χ0v) is 9.35. The minimum Gasteiger partial charge on any atom is -0.0625 e. The van der Waals surface area contributed by atoms with Crippen LogP contribution in [0.15, 0.2) is 0 Å². The van der Waals surface area contributed by atoms with Gasteiger partial charge in [-0.15, -0.1) is 0 Å². The second-order valence-electron chi connectivity index (χ2n) is 5.59. The molecule has 1 fully saturated rings. The van der Waals surface area contributed by atoms with Crippen molar-refractivity contribution in [2.24, 2.45) is 23.2 Å². The second-order valence-corrected chi connectivity index (χ2v) is 5.59. The normalized spacial score (nSPS) is 31.5. The zero-order valence-electron chi connectivity index (χ0n) is 9.35. The van der Waals surface area contributed by atoms with E-state index < -0.39 is 0 Å². The molecule has 0 aliphatic heterocycles. The Morgan fingerprint density at radius 2 is 1.75 bits per heavy atom. The molecular weight excluding hydrogens is 144 g/mol. The van der Waals surface area contributed by atoms with Crippen molar-refractivity contribution in [1.29, 1.82) is 0 Å². The van der Waals surface area contributed by atoms with Crippen LogP contribution in [-0.4, -0.2) is 0 Å². The Kier molecular flexibility index (Phi) is 2.85. The highest BCUT2D eigenvalue weighted by Crippen LogP contribution is 2.46. The van der Waals surface area contributed by atoms with Gasteiger partial charge in [-0.25, -0.2) is 0 Å². The highest BCUT2D eigenvalue weighted by Gasteiger charge is 2.36. The van der Waals surface area contributed by atoms with E-state index in [9.17, 15) is 0 Å². The number of rotatable bonds is 2. The highest BCUT2D eigenvalue weighted by atomic mass is 14.4. The van der Waals surface area contributed by atoms with Crippen molar-refractivity contribution in [2.45, 2.75) is 53.9 Å². The maximum absolute atomic E-state index is 2.44. The summed E-state index contributed by atoms with van der Waals surface area (Å²) in [5.41, 5.74) is 0.560. The van der Waals surface area contributed by atoms with Crippen LogP contribution in [0.5, 0.6) is 0 Å². The lowest BCUT2D eigenvalue weighted by atomic mass is 9.70. The quantitative estimate of drug-likeness (QED) is 0.582. The van der Waals surface area contributed by atoms with Crippen molar-refractivity contribution in [2.75, 3.05) is 0 Å². The average Bonchev–Trinajstić information content (AvgIpc) is 2.35. The molecule has 2 unspecified atom stereocenters. The van der Waals surface area contributed by atoms with Crippen molar-refractivity contribution in [3.8, 4) is 0 Å². The fourth-order valence-corrected chi connectivity index (χ4v) is 2.35. The molecule has 0 heteroatoms. The van der Waals surface area contributed by atoms with E-state index in [1.165, 1.54) is 19.3 Å². The molecule has 0 heterocycles. The minimum atomic E-state index is 0.560. The molecule has 12 heavy (non-hydrogen) atoms. The molecule has 1 aliphatic carbocycles. The third kappa shape index (κ3) is 1.84.